The number of nitrogens with zero attached hydrogens (tertiary/aromatic N) is 2. The zero-order valence-corrected chi connectivity index (χ0v) is 15.8. The Bertz CT molecular complexity index is 917. The lowest BCUT2D eigenvalue weighted by Crippen LogP contribution is -2.42. The summed E-state index contributed by atoms with van der Waals surface area (Å²) in [5.74, 6) is 0.453. The van der Waals surface area contributed by atoms with Gasteiger partial charge in [0.15, 0.2) is 0 Å². The van der Waals surface area contributed by atoms with Crippen molar-refractivity contribution in [1.82, 2.24) is 14.3 Å². The minimum atomic E-state index is -3.45. The maximum atomic E-state index is 12.7. The maximum absolute atomic E-state index is 12.7. The van der Waals surface area contributed by atoms with E-state index in [9.17, 15) is 13.2 Å². The van der Waals surface area contributed by atoms with Crippen molar-refractivity contribution in [2.45, 2.75) is 44.0 Å². The molecule has 0 saturated carbocycles. The Labute approximate surface area is 153 Å². The van der Waals surface area contributed by atoms with Gasteiger partial charge in [-0.25, -0.2) is 13.4 Å². The largest absolute Gasteiger partial charge is 0.353 e. The molecule has 1 aromatic carbocycles. The van der Waals surface area contributed by atoms with Gasteiger partial charge in [0.1, 0.15) is 0 Å². The number of anilines is 1. The number of sulfonamides is 1. The average Bonchev–Trinajstić information content (AvgIpc) is 2.63. The number of H-pyrrole nitrogens is 1. The quantitative estimate of drug-likeness (QED) is 0.831. The Hall–Kier alpha value is -2.19. The van der Waals surface area contributed by atoms with Gasteiger partial charge in [-0.15, -0.1) is 0 Å². The molecule has 26 heavy (non-hydrogen) atoms. The van der Waals surface area contributed by atoms with Crippen molar-refractivity contribution < 1.29 is 8.42 Å². The standard InChI is InChI=1S/C18H24N4O3S/c1-3-16-13(2)19-18(21-17(16)23)20-14-9-11-22(12-10-14)26(24,25)15-7-5-4-6-8-15/h4-8,14H,3,9-12H2,1-2H3,(H2,19,20,21,23). The van der Waals surface area contributed by atoms with Crippen LogP contribution in [0.5, 0.6) is 0 Å². The molecule has 0 atom stereocenters. The topological polar surface area (TPSA) is 95.2 Å². The van der Waals surface area contributed by atoms with Crippen LogP contribution in [0, 0.1) is 6.92 Å². The van der Waals surface area contributed by atoms with E-state index < -0.39 is 10.0 Å². The molecule has 0 bridgehead atoms. The Balaban J connectivity index is 1.65. The summed E-state index contributed by atoms with van der Waals surface area (Å²) in [4.78, 5) is 19.6. The van der Waals surface area contributed by atoms with Gasteiger partial charge in [0, 0.05) is 30.4 Å². The molecule has 0 radical (unpaired) electrons. The summed E-state index contributed by atoms with van der Waals surface area (Å²) in [6, 6.07) is 8.57. The number of rotatable bonds is 5. The third-order valence-electron chi connectivity index (χ3n) is 4.75. The Morgan fingerprint density at radius 2 is 1.88 bits per heavy atom. The van der Waals surface area contributed by atoms with E-state index in [1.54, 1.807) is 30.3 Å². The van der Waals surface area contributed by atoms with E-state index >= 15 is 0 Å². The van der Waals surface area contributed by atoms with Crippen LogP contribution in [-0.4, -0.2) is 41.8 Å². The van der Waals surface area contributed by atoms with Crippen molar-refractivity contribution in [2.75, 3.05) is 18.4 Å². The fourth-order valence-corrected chi connectivity index (χ4v) is 4.76. The second-order valence-corrected chi connectivity index (χ2v) is 8.41. The molecule has 2 N–H and O–H groups in total. The maximum Gasteiger partial charge on any atom is 0.255 e. The second-order valence-electron chi connectivity index (χ2n) is 6.47. The molecule has 8 heteroatoms. The first-order valence-electron chi connectivity index (χ1n) is 8.83. The molecule has 140 valence electrons. The van der Waals surface area contributed by atoms with Gasteiger partial charge in [-0.2, -0.15) is 4.31 Å². The fraction of sp³-hybridized carbons (Fsp3) is 0.444. The Morgan fingerprint density at radius 3 is 2.46 bits per heavy atom. The molecule has 2 aromatic rings. The molecule has 1 fully saturated rings. The molecular weight excluding hydrogens is 352 g/mol. The summed E-state index contributed by atoms with van der Waals surface area (Å²) in [6.45, 7) is 4.62. The molecule has 0 unspecified atom stereocenters. The zero-order valence-electron chi connectivity index (χ0n) is 15.0. The van der Waals surface area contributed by atoms with Gasteiger partial charge >= 0.3 is 0 Å². The lowest BCUT2D eigenvalue weighted by molar-refractivity contribution is 0.329. The van der Waals surface area contributed by atoms with E-state index in [2.05, 4.69) is 15.3 Å². The van der Waals surface area contributed by atoms with Gasteiger partial charge in [0.2, 0.25) is 16.0 Å². The minimum absolute atomic E-state index is 0.0762. The first-order chi connectivity index (χ1) is 12.4. The van der Waals surface area contributed by atoms with Gasteiger partial charge in [0.25, 0.3) is 5.56 Å². The number of aromatic nitrogens is 2. The molecule has 7 nitrogen and oxygen atoms in total. The molecule has 1 aromatic heterocycles. The predicted octanol–water partition coefficient (Wildman–Crippen LogP) is 1.91. The number of aromatic amines is 1. The normalized spacial score (nSPS) is 16.5. The third kappa shape index (κ3) is 3.81. The monoisotopic (exact) mass is 376 g/mol. The number of hydrogen-bond donors (Lipinski definition) is 2. The minimum Gasteiger partial charge on any atom is -0.353 e. The highest BCUT2D eigenvalue weighted by atomic mass is 32.2. The number of piperidine rings is 1. The van der Waals surface area contributed by atoms with Crippen molar-refractivity contribution in [3.63, 3.8) is 0 Å². The molecule has 0 amide bonds. The first-order valence-corrected chi connectivity index (χ1v) is 10.3. The third-order valence-corrected chi connectivity index (χ3v) is 6.66. The van der Waals surface area contributed by atoms with Crippen LogP contribution >= 0.6 is 0 Å². The van der Waals surface area contributed by atoms with Crippen LogP contribution in [0.2, 0.25) is 0 Å². The number of nitrogens with one attached hydrogen (secondary N) is 2. The number of aryl methyl sites for hydroxylation is 1. The molecule has 1 aliphatic heterocycles. The Kier molecular flexibility index (Phi) is 5.43. The van der Waals surface area contributed by atoms with E-state index in [4.69, 9.17) is 0 Å². The number of hydrogen-bond acceptors (Lipinski definition) is 5. The molecular formula is C18H24N4O3S. The van der Waals surface area contributed by atoms with Crippen molar-refractivity contribution in [3.8, 4) is 0 Å². The lowest BCUT2D eigenvalue weighted by Gasteiger charge is -2.31. The van der Waals surface area contributed by atoms with Gasteiger partial charge in [-0.3, -0.25) is 9.78 Å². The highest BCUT2D eigenvalue weighted by molar-refractivity contribution is 7.89. The van der Waals surface area contributed by atoms with Crippen LogP contribution in [0.4, 0.5) is 5.95 Å². The predicted molar refractivity (Wildman–Crippen MR) is 101 cm³/mol. The lowest BCUT2D eigenvalue weighted by atomic mass is 10.1. The van der Waals surface area contributed by atoms with Crippen LogP contribution in [0.25, 0.3) is 0 Å². The van der Waals surface area contributed by atoms with E-state index in [1.807, 2.05) is 13.8 Å². The summed E-state index contributed by atoms with van der Waals surface area (Å²) < 4.78 is 26.8. The van der Waals surface area contributed by atoms with Crippen molar-refractivity contribution in [3.05, 3.63) is 51.9 Å². The van der Waals surface area contributed by atoms with Gasteiger partial charge in [-0.05, 0) is 38.3 Å². The van der Waals surface area contributed by atoms with Gasteiger partial charge in [-0.1, -0.05) is 25.1 Å². The van der Waals surface area contributed by atoms with Crippen LogP contribution in [0.1, 0.15) is 31.0 Å². The summed E-state index contributed by atoms with van der Waals surface area (Å²) in [5, 5.41) is 3.24. The van der Waals surface area contributed by atoms with Crippen molar-refractivity contribution >= 4 is 16.0 Å². The van der Waals surface area contributed by atoms with Crippen LogP contribution < -0.4 is 10.9 Å². The zero-order chi connectivity index (χ0) is 18.7. The van der Waals surface area contributed by atoms with E-state index in [0.29, 0.717) is 48.8 Å². The molecule has 2 heterocycles. The van der Waals surface area contributed by atoms with E-state index in [1.165, 1.54) is 4.31 Å². The van der Waals surface area contributed by atoms with E-state index in [-0.39, 0.29) is 11.6 Å². The smallest absolute Gasteiger partial charge is 0.255 e. The Morgan fingerprint density at radius 1 is 1.23 bits per heavy atom. The second kappa shape index (κ2) is 7.59. The van der Waals surface area contributed by atoms with Crippen molar-refractivity contribution in [2.24, 2.45) is 0 Å². The molecule has 0 spiro atoms. The van der Waals surface area contributed by atoms with Crippen LogP contribution in [-0.2, 0) is 16.4 Å². The van der Waals surface area contributed by atoms with E-state index in [0.717, 1.165) is 5.69 Å². The van der Waals surface area contributed by atoms with Gasteiger partial charge in [0.05, 0.1) is 4.90 Å². The molecule has 1 saturated heterocycles. The molecule has 1 aliphatic rings. The van der Waals surface area contributed by atoms with Crippen LogP contribution in [0.15, 0.2) is 40.0 Å². The summed E-state index contributed by atoms with van der Waals surface area (Å²) in [7, 11) is -3.45. The summed E-state index contributed by atoms with van der Waals surface area (Å²) >= 11 is 0. The van der Waals surface area contributed by atoms with Gasteiger partial charge < -0.3 is 5.32 Å². The SMILES string of the molecule is CCc1c(C)nc(NC2CCN(S(=O)(=O)c3ccccc3)CC2)[nH]c1=O. The molecule has 0 aliphatic carbocycles. The highest BCUT2D eigenvalue weighted by Crippen LogP contribution is 2.21. The summed E-state index contributed by atoms with van der Waals surface area (Å²) in [6.07, 6.45) is 1.96. The fourth-order valence-electron chi connectivity index (χ4n) is 3.27. The highest BCUT2D eigenvalue weighted by Gasteiger charge is 2.29. The first kappa shape index (κ1) is 18.6. The number of benzene rings is 1. The molecule has 3 rings (SSSR count). The van der Waals surface area contributed by atoms with Crippen LogP contribution in [0.3, 0.4) is 0 Å². The summed E-state index contributed by atoms with van der Waals surface area (Å²) in [5.41, 5.74) is 1.30. The average molecular weight is 376 g/mol. The van der Waals surface area contributed by atoms with Crippen molar-refractivity contribution in [1.29, 1.82) is 0 Å².